The molecule has 1 atom stereocenters. The minimum absolute atomic E-state index is 0. The Labute approximate surface area is 143 Å². The van der Waals surface area contributed by atoms with E-state index in [0.29, 0.717) is 6.66 Å². The molecule has 17 heavy (non-hydrogen) atoms. The molecule has 0 heterocycles. The van der Waals surface area contributed by atoms with Gasteiger partial charge < -0.3 is 0 Å². The predicted octanol–water partition coefficient (Wildman–Crippen LogP) is -2.88. The third-order valence-corrected chi connectivity index (χ3v) is 2.07. The average Bonchev–Trinajstić information content (AvgIpc) is 1.98. The number of nitrogens with zero attached hydrogens (tertiary/aromatic N) is 1. The minimum atomic E-state index is -5.10. The first kappa shape index (κ1) is 23.7. The van der Waals surface area contributed by atoms with Gasteiger partial charge in [-0.2, -0.15) is 0 Å². The second-order valence-corrected chi connectivity index (χ2v) is 6.20. The molecule has 0 spiro atoms. The second-order valence-electron chi connectivity index (χ2n) is 3.35. The van der Waals surface area contributed by atoms with E-state index in [4.69, 9.17) is 25.0 Å². The third kappa shape index (κ3) is 15.6. The third-order valence-electron chi connectivity index (χ3n) is 1.32. The van der Waals surface area contributed by atoms with Crippen LogP contribution in [-0.4, -0.2) is 121 Å². The summed E-state index contributed by atoms with van der Waals surface area (Å²) in [5.74, 6) is -0.681. The molecular weight excluding hydrogens is 275 g/mol. The summed E-state index contributed by atoms with van der Waals surface area (Å²) in [7, 11) is -5.10. The van der Waals surface area contributed by atoms with E-state index >= 15 is 0 Å². The van der Waals surface area contributed by atoms with Crippen LogP contribution in [0.3, 0.4) is 0 Å². The van der Waals surface area contributed by atoms with E-state index < -0.39 is 32.7 Å². The molecule has 1 amide bonds. The van der Waals surface area contributed by atoms with Crippen molar-refractivity contribution in [3.63, 3.8) is 0 Å². The first-order valence-corrected chi connectivity index (χ1v) is 6.50. The summed E-state index contributed by atoms with van der Waals surface area (Å²) in [5.41, 5.74) is 0. The van der Waals surface area contributed by atoms with E-state index in [0.717, 1.165) is 6.92 Å². The Balaban J connectivity index is -0.000000980. The van der Waals surface area contributed by atoms with Crippen molar-refractivity contribution in [3.05, 3.63) is 0 Å². The summed E-state index contributed by atoms with van der Waals surface area (Å²) in [6.45, 7) is 0.682. The first-order valence-electron chi connectivity index (χ1n) is 4.04. The fraction of sp³-hybridized carbons (Fsp3) is 0.833. The van der Waals surface area contributed by atoms with Crippen molar-refractivity contribution < 1.29 is 34.3 Å². The van der Waals surface area contributed by atoms with Crippen molar-refractivity contribution in [3.8, 4) is 0 Å². The zero-order valence-electron chi connectivity index (χ0n) is 8.44. The summed E-state index contributed by atoms with van der Waals surface area (Å²) < 4.78 is 4.26. The Morgan fingerprint density at radius 3 is 2.06 bits per heavy atom. The van der Waals surface area contributed by atoms with E-state index in [1.807, 2.05) is 0 Å². The average molecular weight is 293 g/mol. The van der Waals surface area contributed by atoms with Gasteiger partial charge in [0, 0.05) is 0 Å². The second kappa shape index (κ2) is 8.76. The molecule has 0 radical (unpaired) electrons. The molecule has 11 heteroatoms. The van der Waals surface area contributed by atoms with Crippen molar-refractivity contribution in [2.24, 2.45) is 0 Å². The van der Waals surface area contributed by atoms with E-state index in [1.54, 1.807) is 0 Å². The number of hydroxylamine groups is 2. The van der Waals surface area contributed by atoms with E-state index in [-0.39, 0.29) is 64.2 Å². The monoisotopic (exact) mass is 293 g/mol. The number of aliphatic hydroxyl groups excluding tert-OH is 1. The Morgan fingerprint density at radius 1 is 1.35 bits per heavy atom. The van der Waals surface area contributed by atoms with Gasteiger partial charge in [0.15, 0.2) is 0 Å². The molecule has 0 aliphatic heterocycles. The number of aliphatic hydroxyl groups is 1. The van der Waals surface area contributed by atoms with Crippen molar-refractivity contribution >= 4 is 72.5 Å². The SMILES string of the molecule is CC(=O)N(O)CC(O)COP(C)(O)(O)O.[NaH].[NaH]. The zero-order chi connectivity index (χ0) is 12.3. The van der Waals surface area contributed by atoms with Gasteiger partial charge in [0.2, 0.25) is 0 Å². The first-order chi connectivity index (χ1) is 6.47. The van der Waals surface area contributed by atoms with Crippen molar-refractivity contribution in [1.29, 1.82) is 0 Å². The summed E-state index contributed by atoms with van der Waals surface area (Å²) in [5, 5.41) is 18.3. The van der Waals surface area contributed by atoms with Crippen LogP contribution >= 0.6 is 7.51 Å². The number of hydrogen-bond acceptors (Lipinski definition) is 7. The summed E-state index contributed by atoms with van der Waals surface area (Å²) >= 11 is 0. The maximum absolute atomic E-state index is 10.5. The van der Waals surface area contributed by atoms with Gasteiger partial charge in [-0.3, -0.25) is 0 Å². The molecule has 0 bridgehead atoms. The molecular formula is C6H18NNa2O7P. The van der Waals surface area contributed by atoms with Crippen LogP contribution in [-0.2, 0) is 9.32 Å². The molecule has 5 N–H and O–H groups in total. The van der Waals surface area contributed by atoms with Crippen LogP contribution in [0.1, 0.15) is 6.92 Å². The van der Waals surface area contributed by atoms with Crippen LogP contribution in [0.4, 0.5) is 0 Å². The molecule has 0 saturated heterocycles. The van der Waals surface area contributed by atoms with Crippen LogP contribution in [0.15, 0.2) is 0 Å². The molecule has 0 saturated carbocycles. The quantitative estimate of drug-likeness (QED) is 0.159. The van der Waals surface area contributed by atoms with Gasteiger partial charge >= 0.3 is 145 Å². The molecule has 96 valence electrons. The van der Waals surface area contributed by atoms with Gasteiger partial charge in [-0.25, -0.2) is 0 Å². The Bertz CT molecular complexity index is 237. The molecule has 0 aromatic carbocycles. The van der Waals surface area contributed by atoms with Crippen molar-refractivity contribution in [2.75, 3.05) is 19.8 Å². The summed E-state index contributed by atoms with van der Waals surface area (Å²) in [6, 6.07) is 0. The van der Waals surface area contributed by atoms with Crippen LogP contribution in [0.2, 0.25) is 0 Å². The topological polar surface area (TPSA) is 131 Å². The van der Waals surface area contributed by atoms with Crippen LogP contribution in [0, 0.1) is 0 Å². The molecule has 0 aromatic rings. The number of rotatable bonds is 5. The molecule has 0 aromatic heterocycles. The summed E-state index contributed by atoms with van der Waals surface area (Å²) in [4.78, 5) is 37.0. The molecule has 0 aliphatic rings. The fourth-order valence-electron chi connectivity index (χ4n) is 0.641. The number of amides is 1. The van der Waals surface area contributed by atoms with Gasteiger partial charge in [-0.1, -0.05) is 0 Å². The van der Waals surface area contributed by atoms with Crippen molar-refractivity contribution in [2.45, 2.75) is 13.0 Å². The maximum atomic E-state index is 10.5. The van der Waals surface area contributed by atoms with E-state index in [9.17, 15) is 4.79 Å². The van der Waals surface area contributed by atoms with Crippen molar-refractivity contribution in [1.82, 2.24) is 5.06 Å². The molecule has 8 nitrogen and oxygen atoms in total. The van der Waals surface area contributed by atoms with Crippen LogP contribution < -0.4 is 0 Å². The summed E-state index contributed by atoms with van der Waals surface area (Å²) in [6.07, 6.45) is -1.34. The molecule has 0 fully saturated rings. The number of carbonyl (C=O) groups is 1. The predicted molar refractivity (Wildman–Crippen MR) is 64.9 cm³/mol. The van der Waals surface area contributed by atoms with Crippen LogP contribution in [0.5, 0.6) is 0 Å². The molecule has 0 rings (SSSR count). The standard InChI is InChI=1S/C6H16NO7P.2Na.2H/c1-5(8)7(10)3-6(9)4-14-15(2,11,12)13;;;;/h6,9-13H,3-4H2,1-2H3;;;;. The van der Waals surface area contributed by atoms with Gasteiger partial charge in [0.05, 0.1) is 0 Å². The zero-order valence-corrected chi connectivity index (χ0v) is 9.33. The van der Waals surface area contributed by atoms with Gasteiger partial charge in [-0.15, -0.1) is 0 Å². The molecule has 1 unspecified atom stereocenters. The Kier molecular flexibility index (Phi) is 12.2. The van der Waals surface area contributed by atoms with Gasteiger partial charge in [0.1, 0.15) is 0 Å². The van der Waals surface area contributed by atoms with E-state index in [1.165, 1.54) is 0 Å². The Morgan fingerprint density at radius 2 is 1.76 bits per heavy atom. The van der Waals surface area contributed by atoms with Gasteiger partial charge in [0.25, 0.3) is 0 Å². The number of carbonyl (C=O) groups excluding carboxylic acids is 1. The van der Waals surface area contributed by atoms with Gasteiger partial charge in [-0.05, 0) is 0 Å². The normalized spacial score (nSPS) is 14.6. The fourth-order valence-corrected chi connectivity index (χ4v) is 1.16. The number of hydrogen-bond donors (Lipinski definition) is 5. The van der Waals surface area contributed by atoms with E-state index in [2.05, 4.69) is 4.52 Å². The van der Waals surface area contributed by atoms with Crippen LogP contribution in [0.25, 0.3) is 0 Å². The Hall–Kier alpha value is 1.66. The molecule has 0 aliphatic carbocycles.